The predicted octanol–water partition coefficient (Wildman–Crippen LogP) is 3.36. The van der Waals surface area contributed by atoms with Gasteiger partial charge in [-0.3, -0.25) is 4.68 Å². The van der Waals surface area contributed by atoms with Crippen molar-refractivity contribution >= 4 is 23.1 Å². The summed E-state index contributed by atoms with van der Waals surface area (Å²) in [5, 5.41) is 11.4. The van der Waals surface area contributed by atoms with Gasteiger partial charge in [0.05, 0.1) is 6.20 Å². The summed E-state index contributed by atoms with van der Waals surface area (Å²) in [7, 11) is 3.81. The van der Waals surface area contributed by atoms with E-state index in [1.165, 1.54) is 0 Å². The van der Waals surface area contributed by atoms with Crippen molar-refractivity contribution in [2.24, 2.45) is 7.05 Å². The Morgan fingerprint density at radius 1 is 1.28 bits per heavy atom. The van der Waals surface area contributed by atoms with Crippen LogP contribution in [0, 0.1) is 0 Å². The van der Waals surface area contributed by atoms with Crippen LogP contribution in [0.4, 0.5) is 11.5 Å². The van der Waals surface area contributed by atoms with Gasteiger partial charge in [0.15, 0.2) is 0 Å². The topological polar surface area (TPSA) is 41.9 Å². The zero-order valence-corrected chi connectivity index (χ0v) is 10.6. The second-order valence-electron chi connectivity index (χ2n) is 3.75. The monoisotopic (exact) mass is 266 g/mol. The molecule has 0 bridgehead atoms. The lowest BCUT2D eigenvalue weighted by atomic mass is 10.3. The number of benzene rings is 1. The molecule has 2 aromatic rings. The highest BCUT2D eigenvalue weighted by Crippen LogP contribution is 2.17. The summed E-state index contributed by atoms with van der Waals surface area (Å²) in [6, 6.07) is 7.65. The molecule has 0 fully saturated rings. The predicted molar refractivity (Wildman–Crippen MR) is 78.3 cm³/mol. The van der Waals surface area contributed by atoms with Crippen LogP contribution in [0.15, 0.2) is 30.5 Å². The Kier molecular flexibility index (Phi) is 5.04. The average Bonchev–Trinajstić information content (AvgIpc) is 2.69. The third kappa shape index (κ3) is 3.17. The quantitative estimate of drug-likeness (QED) is 0.892. The molecule has 18 heavy (non-hydrogen) atoms. The maximum atomic E-state index is 5.83. The molecule has 1 aromatic carbocycles. The molecule has 0 saturated heterocycles. The van der Waals surface area contributed by atoms with E-state index >= 15 is 0 Å². The Bertz CT molecular complexity index is 490. The third-order valence-electron chi connectivity index (χ3n) is 2.58. The minimum Gasteiger partial charge on any atom is -0.381 e. The first-order valence-corrected chi connectivity index (χ1v) is 5.76. The van der Waals surface area contributed by atoms with Gasteiger partial charge in [0.1, 0.15) is 5.82 Å². The van der Waals surface area contributed by atoms with Crippen LogP contribution in [0.3, 0.4) is 0 Å². The molecular weight excluding hydrogens is 248 g/mol. The molecule has 0 spiro atoms. The summed E-state index contributed by atoms with van der Waals surface area (Å²) in [5.41, 5.74) is 2.17. The standard InChI is InChI=1S/C12H15ClN4.CH4/c1-14-12-9(8-16-17(12)2)7-15-11-5-3-10(13)4-6-11;/h3-6,8,14-15H,7H2,1-2H3;1H4. The maximum absolute atomic E-state index is 5.83. The van der Waals surface area contributed by atoms with Gasteiger partial charge < -0.3 is 10.6 Å². The largest absolute Gasteiger partial charge is 0.381 e. The first-order valence-electron chi connectivity index (χ1n) is 5.39. The highest BCUT2D eigenvalue weighted by molar-refractivity contribution is 6.30. The van der Waals surface area contributed by atoms with Crippen LogP contribution in [0.2, 0.25) is 5.02 Å². The van der Waals surface area contributed by atoms with E-state index in [1.54, 1.807) is 0 Å². The number of hydrogen-bond acceptors (Lipinski definition) is 3. The Morgan fingerprint density at radius 2 is 1.94 bits per heavy atom. The summed E-state index contributed by atoms with van der Waals surface area (Å²) in [4.78, 5) is 0. The van der Waals surface area contributed by atoms with Crippen LogP contribution in [0.1, 0.15) is 13.0 Å². The van der Waals surface area contributed by atoms with Crippen LogP contribution in [-0.4, -0.2) is 16.8 Å². The summed E-state index contributed by atoms with van der Waals surface area (Å²) < 4.78 is 1.82. The molecule has 0 aliphatic heterocycles. The van der Waals surface area contributed by atoms with Gasteiger partial charge >= 0.3 is 0 Å². The second-order valence-corrected chi connectivity index (χ2v) is 4.19. The average molecular weight is 267 g/mol. The molecule has 98 valence electrons. The fraction of sp³-hybridized carbons (Fsp3) is 0.308. The fourth-order valence-corrected chi connectivity index (χ4v) is 1.83. The lowest BCUT2D eigenvalue weighted by molar-refractivity contribution is 0.774. The minimum absolute atomic E-state index is 0. The second kappa shape index (κ2) is 6.31. The van der Waals surface area contributed by atoms with E-state index in [4.69, 9.17) is 11.6 Å². The Labute approximate surface area is 113 Å². The van der Waals surface area contributed by atoms with E-state index in [-0.39, 0.29) is 7.43 Å². The first kappa shape index (κ1) is 14.4. The fourth-order valence-electron chi connectivity index (χ4n) is 1.70. The minimum atomic E-state index is 0. The van der Waals surface area contributed by atoms with Gasteiger partial charge in [-0.15, -0.1) is 0 Å². The number of rotatable bonds is 4. The molecule has 0 atom stereocenters. The zero-order chi connectivity index (χ0) is 12.3. The van der Waals surface area contributed by atoms with Crippen LogP contribution < -0.4 is 10.6 Å². The van der Waals surface area contributed by atoms with E-state index in [0.717, 1.165) is 28.6 Å². The smallest absolute Gasteiger partial charge is 0.128 e. The van der Waals surface area contributed by atoms with Crippen molar-refractivity contribution in [1.82, 2.24) is 9.78 Å². The Hall–Kier alpha value is -1.68. The molecule has 2 rings (SSSR count). The number of nitrogens with zero attached hydrogens (tertiary/aromatic N) is 2. The molecule has 0 saturated carbocycles. The highest BCUT2D eigenvalue weighted by Gasteiger charge is 2.05. The van der Waals surface area contributed by atoms with Gasteiger partial charge in [0.2, 0.25) is 0 Å². The van der Waals surface area contributed by atoms with Crippen LogP contribution in [-0.2, 0) is 13.6 Å². The highest BCUT2D eigenvalue weighted by atomic mass is 35.5. The number of aromatic nitrogens is 2. The number of hydrogen-bond donors (Lipinski definition) is 2. The van der Waals surface area contributed by atoms with Crippen LogP contribution in [0.5, 0.6) is 0 Å². The van der Waals surface area contributed by atoms with E-state index < -0.39 is 0 Å². The molecule has 0 radical (unpaired) electrons. The molecule has 4 nitrogen and oxygen atoms in total. The lowest BCUT2D eigenvalue weighted by Gasteiger charge is -2.08. The summed E-state index contributed by atoms with van der Waals surface area (Å²) >= 11 is 5.83. The molecule has 0 aliphatic rings. The van der Waals surface area contributed by atoms with Gasteiger partial charge in [0.25, 0.3) is 0 Å². The van der Waals surface area contributed by atoms with Gasteiger partial charge in [-0.2, -0.15) is 5.10 Å². The molecule has 2 N–H and O–H groups in total. The molecule has 5 heteroatoms. The van der Waals surface area contributed by atoms with Gasteiger partial charge in [0, 0.05) is 36.9 Å². The van der Waals surface area contributed by atoms with Crippen molar-refractivity contribution in [2.75, 3.05) is 17.7 Å². The molecule has 1 aromatic heterocycles. The first-order chi connectivity index (χ1) is 8.20. The van der Waals surface area contributed by atoms with Crippen LogP contribution >= 0.6 is 11.6 Å². The zero-order valence-electron chi connectivity index (χ0n) is 9.87. The van der Waals surface area contributed by atoms with Gasteiger partial charge in [-0.25, -0.2) is 0 Å². The van der Waals surface area contributed by atoms with Crippen molar-refractivity contribution in [3.8, 4) is 0 Å². The molecule has 0 aliphatic carbocycles. The van der Waals surface area contributed by atoms with Crippen molar-refractivity contribution in [1.29, 1.82) is 0 Å². The number of nitrogens with one attached hydrogen (secondary N) is 2. The summed E-state index contributed by atoms with van der Waals surface area (Å²) in [5.74, 6) is 1.02. The van der Waals surface area contributed by atoms with Crippen molar-refractivity contribution < 1.29 is 0 Å². The lowest BCUT2D eigenvalue weighted by Crippen LogP contribution is -2.04. The van der Waals surface area contributed by atoms with E-state index in [2.05, 4.69) is 15.7 Å². The molecule has 0 amide bonds. The van der Waals surface area contributed by atoms with Crippen molar-refractivity contribution in [3.63, 3.8) is 0 Å². The van der Waals surface area contributed by atoms with Crippen LogP contribution in [0.25, 0.3) is 0 Å². The Morgan fingerprint density at radius 3 is 2.56 bits per heavy atom. The maximum Gasteiger partial charge on any atom is 0.128 e. The van der Waals surface area contributed by atoms with Gasteiger partial charge in [-0.1, -0.05) is 19.0 Å². The molecule has 0 unspecified atom stereocenters. The van der Waals surface area contributed by atoms with Crippen molar-refractivity contribution in [2.45, 2.75) is 14.0 Å². The van der Waals surface area contributed by atoms with Crippen molar-refractivity contribution in [3.05, 3.63) is 41.0 Å². The van der Waals surface area contributed by atoms with E-state index in [1.807, 2.05) is 49.2 Å². The van der Waals surface area contributed by atoms with Gasteiger partial charge in [-0.05, 0) is 24.3 Å². The molecule has 1 heterocycles. The van der Waals surface area contributed by atoms with E-state index in [9.17, 15) is 0 Å². The SMILES string of the molecule is C.CNc1c(CNc2ccc(Cl)cc2)cnn1C. The summed E-state index contributed by atoms with van der Waals surface area (Å²) in [6.45, 7) is 0.728. The summed E-state index contributed by atoms with van der Waals surface area (Å²) in [6.07, 6.45) is 1.86. The molecular formula is C13H19ClN4. The number of anilines is 2. The Balaban J connectivity index is 0.00000162. The third-order valence-corrected chi connectivity index (χ3v) is 2.83. The normalized spacial score (nSPS) is 9.72. The number of aryl methyl sites for hydroxylation is 1. The van der Waals surface area contributed by atoms with E-state index in [0.29, 0.717) is 0 Å². The number of halogens is 1.